The third-order valence-corrected chi connectivity index (χ3v) is 3.01. The summed E-state index contributed by atoms with van der Waals surface area (Å²) in [6, 6.07) is 3.68. The van der Waals surface area contributed by atoms with Crippen molar-refractivity contribution >= 4 is 5.97 Å². The van der Waals surface area contributed by atoms with Gasteiger partial charge in [-0.2, -0.15) is 0 Å². The molecule has 1 unspecified atom stereocenters. The molecule has 106 valence electrons. The van der Waals surface area contributed by atoms with E-state index >= 15 is 0 Å². The second-order valence-electron chi connectivity index (χ2n) is 6.39. The Balaban J connectivity index is 2.83. The smallest absolute Gasteiger partial charge is 0.313 e. The van der Waals surface area contributed by atoms with Gasteiger partial charge in [0.2, 0.25) is 0 Å². The Hall–Kier alpha value is -1.51. The summed E-state index contributed by atoms with van der Waals surface area (Å²) in [5, 5.41) is 9.74. The van der Waals surface area contributed by atoms with Crippen LogP contribution >= 0.6 is 0 Å². The van der Waals surface area contributed by atoms with Gasteiger partial charge in [-0.25, -0.2) is 0 Å². The monoisotopic (exact) mass is 264 g/mol. The van der Waals surface area contributed by atoms with Crippen LogP contribution in [-0.4, -0.2) is 17.7 Å². The maximum Gasteiger partial charge on any atom is 0.313 e. The quantitative estimate of drug-likeness (QED) is 0.847. The zero-order valence-corrected chi connectivity index (χ0v) is 12.7. The van der Waals surface area contributed by atoms with Gasteiger partial charge < -0.3 is 9.84 Å². The number of hydrogen-bond donors (Lipinski definition) is 1. The van der Waals surface area contributed by atoms with Crippen LogP contribution in [0.15, 0.2) is 12.1 Å². The molecule has 1 aromatic rings. The van der Waals surface area contributed by atoms with Crippen molar-refractivity contribution in [2.24, 2.45) is 5.41 Å². The van der Waals surface area contributed by atoms with E-state index in [1.807, 2.05) is 53.7 Å². The van der Waals surface area contributed by atoms with E-state index in [1.54, 1.807) is 0 Å². The first-order valence-electron chi connectivity index (χ1n) is 6.58. The molecule has 1 N–H and O–H groups in total. The van der Waals surface area contributed by atoms with Crippen LogP contribution in [0, 0.1) is 19.3 Å². The SMILES string of the molecule is Cc1cc(C(C)C(=O)OCC(C)(C)C)cc(C)c1O. The van der Waals surface area contributed by atoms with Gasteiger partial charge >= 0.3 is 5.97 Å². The molecule has 0 fully saturated rings. The first-order chi connectivity index (χ1) is 8.61. The summed E-state index contributed by atoms with van der Waals surface area (Å²) >= 11 is 0. The van der Waals surface area contributed by atoms with Crippen molar-refractivity contribution in [2.75, 3.05) is 6.61 Å². The zero-order chi connectivity index (χ0) is 14.8. The number of hydrogen-bond acceptors (Lipinski definition) is 3. The topological polar surface area (TPSA) is 46.5 Å². The molecule has 0 aliphatic rings. The number of rotatable bonds is 3. The van der Waals surface area contributed by atoms with Gasteiger partial charge in [0.1, 0.15) is 5.75 Å². The fraction of sp³-hybridized carbons (Fsp3) is 0.562. The molecular formula is C16H24O3. The molecule has 0 amide bonds. The van der Waals surface area contributed by atoms with Crippen LogP contribution in [0.2, 0.25) is 0 Å². The molecule has 1 aromatic carbocycles. The van der Waals surface area contributed by atoms with Crippen molar-refractivity contribution in [3.05, 3.63) is 28.8 Å². The fourth-order valence-corrected chi connectivity index (χ4v) is 1.79. The molecule has 3 nitrogen and oxygen atoms in total. The average Bonchev–Trinajstić information content (AvgIpc) is 2.30. The van der Waals surface area contributed by atoms with E-state index in [0.29, 0.717) is 12.4 Å². The first-order valence-corrected chi connectivity index (χ1v) is 6.58. The van der Waals surface area contributed by atoms with Gasteiger partial charge in [-0.3, -0.25) is 4.79 Å². The number of aromatic hydroxyl groups is 1. The Kier molecular flexibility index (Phi) is 4.61. The number of carbonyl (C=O) groups is 1. The van der Waals surface area contributed by atoms with Gasteiger partial charge in [0.25, 0.3) is 0 Å². The van der Waals surface area contributed by atoms with Crippen LogP contribution in [0.5, 0.6) is 5.75 Å². The summed E-state index contributed by atoms with van der Waals surface area (Å²) in [5.41, 5.74) is 2.42. The lowest BCUT2D eigenvalue weighted by Crippen LogP contribution is -2.21. The molecule has 0 aliphatic carbocycles. The van der Waals surface area contributed by atoms with Crippen LogP contribution in [0.3, 0.4) is 0 Å². The Labute approximate surface area is 115 Å². The molecule has 1 atom stereocenters. The molecule has 19 heavy (non-hydrogen) atoms. The predicted molar refractivity (Wildman–Crippen MR) is 76.4 cm³/mol. The Morgan fingerprint density at radius 1 is 1.26 bits per heavy atom. The van der Waals surface area contributed by atoms with Gasteiger partial charge in [-0.05, 0) is 42.9 Å². The van der Waals surface area contributed by atoms with E-state index in [9.17, 15) is 9.90 Å². The highest BCUT2D eigenvalue weighted by Gasteiger charge is 2.21. The third-order valence-electron chi connectivity index (χ3n) is 3.01. The highest BCUT2D eigenvalue weighted by Crippen LogP contribution is 2.28. The third kappa shape index (κ3) is 4.27. The Morgan fingerprint density at radius 3 is 2.16 bits per heavy atom. The second-order valence-corrected chi connectivity index (χ2v) is 6.39. The molecular weight excluding hydrogens is 240 g/mol. The normalized spacial score (nSPS) is 13.2. The van der Waals surface area contributed by atoms with Gasteiger partial charge in [0.15, 0.2) is 0 Å². The highest BCUT2D eigenvalue weighted by atomic mass is 16.5. The molecule has 0 heterocycles. The molecule has 3 heteroatoms. The van der Waals surface area contributed by atoms with E-state index in [0.717, 1.165) is 16.7 Å². The van der Waals surface area contributed by atoms with Crippen molar-refractivity contribution in [1.82, 2.24) is 0 Å². The lowest BCUT2D eigenvalue weighted by Gasteiger charge is -2.20. The molecule has 0 saturated carbocycles. The number of esters is 1. The summed E-state index contributed by atoms with van der Waals surface area (Å²) in [4.78, 5) is 12.0. The van der Waals surface area contributed by atoms with E-state index in [-0.39, 0.29) is 17.3 Å². The molecule has 0 saturated heterocycles. The van der Waals surface area contributed by atoms with Crippen LogP contribution in [-0.2, 0) is 9.53 Å². The van der Waals surface area contributed by atoms with E-state index in [4.69, 9.17) is 4.74 Å². The van der Waals surface area contributed by atoms with Crippen LogP contribution in [0.1, 0.15) is 50.3 Å². The van der Waals surface area contributed by atoms with Gasteiger partial charge in [0, 0.05) is 0 Å². The van der Waals surface area contributed by atoms with Crippen LogP contribution in [0.4, 0.5) is 0 Å². The standard InChI is InChI=1S/C16H24O3/c1-10-7-13(8-11(2)14(10)17)12(3)15(18)19-9-16(4,5)6/h7-8,12,17H,9H2,1-6H3. The maximum atomic E-state index is 12.0. The van der Waals surface area contributed by atoms with Crippen molar-refractivity contribution in [2.45, 2.75) is 47.5 Å². The van der Waals surface area contributed by atoms with E-state index in [1.165, 1.54) is 0 Å². The minimum absolute atomic E-state index is 0.0316. The average molecular weight is 264 g/mol. The second kappa shape index (κ2) is 5.64. The van der Waals surface area contributed by atoms with Crippen molar-refractivity contribution in [1.29, 1.82) is 0 Å². The van der Waals surface area contributed by atoms with Gasteiger partial charge in [-0.1, -0.05) is 32.9 Å². The summed E-state index contributed by atoms with van der Waals surface area (Å²) in [6.07, 6.45) is 0. The van der Waals surface area contributed by atoms with Crippen molar-refractivity contribution in [3.63, 3.8) is 0 Å². The lowest BCUT2D eigenvalue weighted by molar-refractivity contribution is -0.147. The molecule has 0 spiro atoms. The summed E-state index contributed by atoms with van der Waals surface area (Å²) < 4.78 is 5.33. The number of phenolic OH excluding ortho intramolecular Hbond substituents is 1. The number of phenols is 1. The number of benzene rings is 1. The van der Waals surface area contributed by atoms with Crippen LogP contribution in [0.25, 0.3) is 0 Å². The minimum atomic E-state index is -0.319. The fourth-order valence-electron chi connectivity index (χ4n) is 1.79. The Morgan fingerprint density at radius 2 is 1.74 bits per heavy atom. The summed E-state index contributed by atoms with van der Waals surface area (Å²) in [6.45, 7) is 12.0. The molecule has 1 rings (SSSR count). The number of aryl methyl sites for hydroxylation is 2. The molecule has 0 radical (unpaired) electrons. The van der Waals surface area contributed by atoms with Crippen molar-refractivity contribution < 1.29 is 14.6 Å². The molecule has 0 aromatic heterocycles. The predicted octanol–water partition coefficient (Wildman–Crippen LogP) is 3.70. The minimum Gasteiger partial charge on any atom is -0.507 e. The summed E-state index contributed by atoms with van der Waals surface area (Å²) in [7, 11) is 0. The summed E-state index contributed by atoms with van der Waals surface area (Å²) in [5.74, 6) is -0.251. The number of ether oxygens (including phenoxy) is 1. The van der Waals surface area contributed by atoms with Gasteiger partial charge in [0.05, 0.1) is 12.5 Å². The first kappa shape index (κ1) is 15.5. The zero-order valence-electron chi connectivity index (χ0n) is 12.7. The van der Waals surface area contributed by atoms with Gasteiger partial charge in [-0.15, -0.1) is 0 Å². The van der Waals surface area contributed by atoms with Crippen molar-refractivity contribution in [3.8, 4) is 5.75 Å². The lowest BCUT2D eigenvalue weighted by atomic mass is 9.95. The highest BCUT2D eigenvalue weighted by molar-refractivity contribution is 5.78. The largest absolute Gasteiger partial charge is 0.507 e. The molecule has 0 aliphatic heterocycles. The van der Waals surface area contributed by atoms with Crippen LogP contribution < -0.4 is 0 Å². The van der Waals surface area contributed by atoms with E-state index < -0.39 is 0 Å². The van der Waals surface area contributed by atoms with E-state index in [2.05, 4.69) is 0 Å². The molecule has 0 bridgehead atoms. The maximum absolute atomic E-state index is 12.0. The number of carbonyl (C=O) groups excluding carboxylic acids is 1. The Bertz CT molecular complexity index is 446.